The van der Waals surface area contributed by atoms with Crippen LogP contribution in [0.3, 0.4) is 0 Å². The zero-order chi connectivity index (χ0) is 15.3. The summed E-state index contributed by atoms with van der Waals surface area (Å²) < 4.78 is 63.0. The highest BCUT2D eigenvalue weighted by Gasteiger charge is 2.36. The van der Waals surface area contributed by atoms with Gasteiger partial charge in [-0.05, 0) is 12.1 Å². The van der Waals surface area contributed by atoms with Crippen molar-refractivity contribution in [1.29, 1.82) is 0 Å². The van der Waals surface area contributed by atoms with Gasteiger partial charge < -0.3 is 4.90 Å². The van der Waals surface area contributed by atoms with Crippen LogP contribution in [0.5, 0.6) is 0 Å². The minimum absolute atomic E-state index is 0.146. The summed E-state index contributed by atoms with van der Waals surface area (Å²) in [5, 5.41) is 0. The van der Waals surface area contributed by atoms with Crippen molar-refractivity contribution in [2.24, 2.45) is 0 Å². The lowest BCUT2D eigenvalue weighted by molar-refractivity contribution is -0.138. The van der Waals surface area contributed by atoms with Crippen LogP contribution in [0.1, 0.15) is 15.9 Å². The fourth-order valence-electron chi connectivity index (χ4n) is 1.63. The van der Waals surface area contributed by atoms with Crippen LogP contribution in [-0.4, -0.2) is 36.2 Å². The van der Waals surface area contributed by atoms with E-state index in [1.54, 1.807) is 0 Å². The number of benzene rings is 1. The summed E-state index contributed by atoms with van der Waals surface area (Å²) in [6.07, 6.45) is -7.58. The van der Waals surface area contributed by atoms with Gasteiger partial charge in [0.25, 0.3) is 12.3 Å². The minimum Gasteiger partial charge on any atom is -0.332 e. The molecule has 0 radical (unpaired) electrons. The molecule has 0 spiro atoms. The molecule has 0 bridgehead atoms. The molecule has 20 heavy (non-hydrogen) atoms. The van der Waals surface area contributed by atoms with Crippen LogP contribution in [0.2, 0.25) is 0 Å². The van der Waals surface area contributed by atoms with E-state index in [-0.39, 0.29) is 12.4 Å². The van der Waals surface area contributed by atoms with E-state index < -0.39 is 36.2 Å². The largest absolute Gasteiger partial charge is 0.417 e. The number of halogens is 6. The Morgan fingerprint density at radius 3 is 2.35 bits per heavy atom. The highest BCUT2D eigenvalue weighted by atomic mass is 35.5. The van der Waals surface area contributed by atoms with Crippen molar-refractivity contribution < 1.29 is 26.7 Å². The number of alkyl halides is 6. The van der Waals surface area contributed by atoms with Crippen LogP contribution in [0.25, 0.3) is 0 Å². The van der Waals surface area contributed by atoms with Gasteiger partial charge in [0.05, 0.1) is 17.7 Å². The second kappa shape index (κ2) is 6.88. The lowest BCUT2D eigenvalue weighted by Crippen LogP contribution is -2.37. The van der Waals surface area contributed by atoms with E-state index in [1.807, 2.05) is 0 Å². The first-order valence-electron chi connectivity index (χ1n) is 5.57. The molecule has 0 saturated carbocycles. The fraction of sp³-hybridized carbons (Fsp3) is 0.417. The predicted molar refractivity (Wildman–Crippen MR) is 64.1 cm³/mol. The Morgan fingerprint density at radius 2 is 1.85 bits per heavy atom. The van der Waals surface area contributed by atoms with Gasteiger partial charge in [-0.2, -0.15) is 13.2 Å². The molecular formula is C12H11ClF5NO. The van der Waals surface area contributed by atoms with E-state index >= 15 is 0 Å². The van der Waals surface area contributed by atoms with Gasteiger partial charge in [-0.25, -0.2) is 8.78 Å². The maximum Gasteiger partial charge on any atom is 0.417 e. The highest BCUT2D eigenvalue weighted by Crippen LogP contribution is 2.32. The molecule has 8 heteroatoms. The number of rotatable bonds is 5. The van der Waals surface area contributed by atoms with E-state index in [0.717, 1.165) is 18.2 Å². The van der Waals surface area contributed by atoms with Crippen molar-refractivity contribution in [3.8, 4) is 0 Å². The van der Waals surface area contributed by atoms with E-state index in [4.69, 9.17) is 11.6 Å². The van der Waals surface area contributed by atoms with E-state index in [9.17, 15) is 26.7 Å². The van der Waals surface area contributed by atoms with Crippen LogP contribution in [0.15, 0.2) is 24.3 Å². The Labute approximate surface area is 117 Å². The number of amides is 1. The number of hydrogen-bond acceptors (Lipinski definition) is 1. The first-order chi connectivity index (χ1) is 9.27. The molecule has 0 saturated heterocycles. The molecule has 1 amide bonds. The van der Waals surface area contributed by atoms with Gasteiger partial charge in [-0.1, -0.05) is 12.1 Å². The Kier molecular flexibility index (Phi) is 5.74. The smallest absolute Gasteiger partial charge is 0.332 e. The maximum atomic E-state index is 12.8. The Hall–Kier alpha value is -1.37. The number of carbonyl (C=O) groups excluding carboxylic acids is 1. The average molecular weight is 316 g/mol. The third kappa shape index (κ3) is 4.33. The molecule has 0 aliphatic carbocycles. The number of nitrogens with zero attached hydrogens (tertiary/aromatic N) is 1. The summed E-state index contributed by atoms with van der Waals surface area (Å²) in [7, 11) is 0. The second-order valence-electron chi connectivity index (χ2n) is 3.87. The molecule has 0 aromatic heterocycles. The van der Waals surface area contributed by atoms with Crippen molar-refractivity contribution in [1.82, 2.24) is 4.90 Å². The second-order valence-corrected chi connectivity index (χ2v) is 4.25. The maximum absolute atomic E-state index is 12.8. The summed E-state index contributed by atoms with van der Waals surface area (Å²) >= 11 is 5.38. The molecule has 2 nitrogen and oxygen atoms in total. The van der Waals surface area contributed by atoms with E-state index in [0.29, 0.717) is 4.90 Å². The number of carbonyl (C=O) groups is 1. The lowest BCUT2D eigenvalue weighted by atomic mass is 10.1. The van der Waals surface area contributed by atoms with E-state index in [2.05, 4.69) is 0 Å². The molecule has 0 N–H and O–H groups in total. The van der Waals surface area contributed by atoms with Crippen LogP contribution < -0.4 is 0 Å². The first kappa shape index (κ1) is 16.7. The molecule has 0 fully saturated rings. The van der Waals surface area contributed by atoms with Gasteiger partial charge in [-0.3, -0.25) is 4.79 Å². The Balaban J connectivity index is 3.12. The van der Waals surface area contributed by atoms with Gasteiger partial charge in [-0.15, -0.1) is 11.6 Å². The van der Waals surface area contributed by atoms with Gasteiger partial charge >= 0.3 is 6.18 Å². The molecule has 1 aromatic rings. The first-order valence-corrected chi connectivity index (χ1v) is 6.10. The number of hydrogen-bond donors (Lipinski definition) is 0. The molecule has 0 aliphatic rings. The summed E-state index contributed by atoms with van der Waals surface area (Å²) in [4.78, 5) is 12.6. The molecule has 1 rings (SSSR count). The molecular weight excluding hydrogens is 305 g/mol. The normalized spacial score (nSPS) is 11.8. The summed E-state index contributed by atoms with van der Waals surface area (Å²) in [6, 6.07) is 4.05. The minimum atomic E-state index is -4.73. The SMILES string of the molecule is O=C(c1ccccc1C(F)(F)F)N(CCCl)CC(F)F. The van der Waals surface area contributed by atoms with E-state index in [1.165, 1.54) is 6.07 Å². The fourth-order valence-corrected chi connectivity index (χ4v) is 1.84. The molecule has 112 valence electrons. The molecule has 1 aromatic carbocycles. The summed E-state index contributed by atoms with van der Waals surface area (Å²) in [6.45, 7) is -1.21. The summed E-state index contributed by atoms with van der Waals surface area (Å²) in [5.41, 5.74) is -1.82. The molecule has 0 heterocycles. The average Bonchev–Trinajstić information content (AvgIpc) is 2.36. The third-order valence-corrected chi connectivity index (χ3v) is 2.63. The Morgan fingerprint density at radius 1 is 1.25 bits per heavy atom. The Bertz CT molecular complexity index is 463. The van der Waals surface area contributed by atoms with Gasteiger partial charge in [0.1, 0.15) is 0 Å². The standard InChI is InChI=1S/C12H11ClF5NO/c13-5-6-19(7-10(14)15)11(20)8-3-1-2-4-9(8)12(16,17)18/h1-4,10H,5-7H2. The summed E-state index contributed by atoms with van der Waals surface area (Å²) in [5.74, 6) is -1.26. The third-order valence-electron chi connectivity index (χ3n) is 2.46. The van der Waals surface area contributed by atoms with Crippen LogP contribution >= 0.6 is 11.6 Å². The van der Waals surface area contributed by atoms with Crippen molar-refractivity contribution in [3.63, 3.8) is 0 Å². The van der Waals surface area contributed by atoms with Crippen molar-refractivity contribution >= 4 is 17.5 Å². The monoisotopic (exact) mass is 315 g/mol. The van der Waals surface area contributed by atoms with Crippen molar-refractivity contribution in [3.05, 3.63) is 35.4 Å². The highest BCUT2D eigenvalue weighted by molar-refractivity contribution is 6.18. The molecule has 0 aliphatic heterocycles. The lowest BCUT2D eigenvalue weighted by Gasteiger charge is -2.23. The van der Waals surface area contributed by atoms with Crippen LogP contribution in [0, 0.1) is 0 Å². The molecule has 0 atom stereocenters. The van der Waals surface area contributed by atoms with Gasteiger partial charge in [0.2, 0.25) is 0 Å². The van der Waals surface area contributed by atoms with Gasteiger partial charge in [0, 0.05) is 12.4 Å². The predicted octanol–water partition coefficient (Wildman–Crippen LogP) is 3.65. The zero-order valence-corrected chi connectivity index (χ0v) is 10.9. The van der Waals surface area contributed by atoms with Crippen LogP contribution in [0.4, 0.5) is 22.0 Å². The van der Waals surface area contributed by atoms with Crippen molar-refractivity contribution in [2.45, 2.75) is 12.6 Å². The van der Waals surface area contributed by atoms with Crippen molar-refractivity contribution in [2.75, 3.05) is 19.0 Å². The topological polar surface area (TPSA) is 20.3 Å². The van der Waals surface area contributed by atoms with Crippen LogP contribution in [-0.2, 0) is 6.18 Å². The quantitative estimate of drug-likeness (QED) is 0.600. The zero-order valence-electron chi connectivity index (χ0n) is 10.1. The van der Waals surface area contributed by atoms with Gasteiger partial charge in [0.15, 0.2) is 0 Å². The molecule has 0 unspecified atom stereocenters.